The molecule has 0 fully saturated rings. The van der Waals surface area contributed by atoms with Gasteiger partial charge in [-0.15, -0.1) is 0 Å². The molecule has 5 nitrogen and oxygen atoms in total. The van der Waals surface area contributed by atoms with E-state index in [4.69, 9.17) is 15.8 Å². The van der Waals surface area contributed by atoms with E-state index in [-0.39, 0.29) is 5.41 Å². The van der Waals surface area contributed by atoms with Gasteiger partial charge in [0.25, 0.3) is 0 Å². The summed E-state index contributed by atoms with van der Waals surface area (Å²) in [7, 11) is 0. The third-order valence-corrected chi connectivity index (χ3v) is 5.77. The first-order valence-corrected chi connectivity index (χ1v) is 10.5. The van der Waals surface area contributed by atoms with E-state index in [1.165, 1.54) is 11.1 Å². The second-order valence-electron chi connectivity index (χ2n) is 7.79. The maximum atomic E-state index is 6.09. The molecule has 2 aromatic rings. The van der Waals surface area contributed by atoms with Gasteiger partial charge in [-0.05, 0) is 38.1 Å². The van der Waals surface area contributed by atoms with E-state index in [1.54, 1.807) is 0 Å². The molecule has 3 rings (SSSR count). The molecule has 1 heterocycles. The van der Waals surface area contributed by atoms with Gasteiger partial charge < -0.3 is 5.73 Å². The predicted molar refractivity (Wildman–Crippen MR) is 122 cm³/mol. The van der Waals surface area contributed by atoms with Gasteiger partial charge in [0.2, 0.25) is 0 Å². The summed E-state index contributed by atoms with van der Waals surface area (Å²) >= 11 is 0. The molecule has 1 aliphatic rings. The SMILES string of the molecule is CCN(CC)CN=C(CN)N1CC(C)(c2ccccc2)C(c2ccc(C)cc2)=N1. The van der Waals surface area contributed by atoms with Gasteiger partial charge in [0, 0.05) is 0 Å². The zero-order valence-corrected chi connectivity index (χ0v) is 18.1. The van der Waals surface area contributed by atoms with Crippen LogP contribution in [-0.4, -0.2) is 54.3 Å². The Morgan fingerprint density at radius 1 is 1.10 bits per heavy atom. The Kier molecular flexibility index (Phi) is 6.83. The van der Waals surface area contributed by atoms with E-state index in [2.05, 4.69) is 87.2 Å². The summed E-state index contributed by atoms with van der Waals surface area (Å²) in [5.41, 5.74) is 10.6. The molecule has 29 heavy (non-hydrogen) atoms. The van der Waals surface area contributed by atoms with Crippen LogP contribution in [0.25, 0.3) is 0 Å². The third kappa shape index (κ3) is 4.57. The van der Waals surface area contributed by atoms with Gasteiger partial charge >= 0.3 is 0 Å². The smallest absolute Gasteiger partial charge is 0.135 e. The highest BCUT2D eigenvalue weighted by Crippen LogP contribution is 2.35. The minimum Gasteiger partial charge on any atom is -0.324 e. The lowest BCUT2D eigenvalue weighted by Crippen LogP contribution is -2.40. The molecule has 1 unspecified atom stereocenters. The summed E-state index contributed by atoms with van der Waals surface area (Å²) in [5, 5.41) is 7.04. The number of hydrogen-bond acceptors (Lipinski definition) is 4. The van der Waals surface area contributed by atoms with Crippen LogP contribution in [0.5, 0.6) is 0 Å². The Morgan fingerprint density at radius 2 is 1.76 bits per heavy atom. The van der Waals surface area contributed by atoms with Gasteiger partial charge in [-0.25, -0.2) is 5.01 Å². The number of nitrogens with zero attached hydrogens (tertiary/aromatic N) is 4. The summed E-state index contributed by atoms with van der Waals surface area (Å²) in [6.07, 6.45) is 0. The van der Waals surface area contributed by atoms with E-state index >= 15 is 0 Å². The van der Waals surface area contributed by atoms with Crippen molar-refractivity contribution in [2.45, 2.75) is 33.1 Å². The fourth-order valence-corrected chi connectivity index (χ4v) is 3.77. The largest absolute Gasteiger partial charge is 0.324 e. The molecule has 154 valence electrons. The first-order chi connectivity index (χ1) is 14.0. The zero-order valence-electron chi connectivity index (χ0n) is 18.1. The molecule has 2 N–H and O–H groups in total. The highest BCUT2D eigenvalue weighted by molar-refractivity contribution is 6.10. The summed E-state index contributed by atoms with van der Waals surface area (Å²) in [4.78, 5) is 7.07. The van der Waals surface area contributed by atoms with Crippen molar-refractivity contribution in [2.24, 2.45) is 15.8 Å². The Hall–Kier alpha value is -2.50. The van der Waals surface area contributed by atoms with Crippen molar-refractivity contribution >= 4 is 11.5 Å². The first-order valence-electron chi connectivity index (χ1n) is 10.5. The highest BCUT2D eigenvalue weighted by Gasteiger charge is 2.41. The fourth-order valence-electron chi connectivity index (χ4n) is 3.77. The van der Waals surface area contributed by atoms with Gasteiger partial charge in [-0.3, -0.25) is 9.89 Å². The minimum atomic E-state index is -0.234. The van der Waals surface area contributed by atoms with Crippen LogP contribution < -0.4 is 5.73 Å². The standard InChI is InChI=1S/C24H33N5/c1-5-28(6-2)18-26-22(16-25)29-17-24(4,21-10-8-7-9-11-21)23(27-29)20-14-12-19(3)13-15-20/h7-15H,5-6,16-18,25H2,1-4H3. The number of nitrogens with two attached hydrogens (primary N) is 1. The summed E-state index contributed by atoms with van der Waals surface area (Å²) in [6, 6.07) is 19.2. The number of amidine groups is 1. The number of benzene rings is 2. The Bertz CT molecular complexity index is 853. The molecule has 0 spiro atoms. The van der Waals surface area contributed by atoms with Gasteiger partial charge in [0.1, 0.15) is 5.84 Å². The van der Waals surface area contributed by atoms with Crippen molar-refractivity contribution in [3.63, 3.8) is 0 Å². The van der Waals surface area contributed by atoms with Crippen LogP contribution in [0.2, 0.25) is 0 Å². The van der Waals surface area contributed by atoms with Crippen LogP contribution in [0.1, 0.15) is 37.5 Å². The molecule has 2 aromatic carbocycles. The number of hydrazone groups is 1. The molecule has 1 aliphatic heterocycles. The first kappa shape index (κ1) is 21.2. The summed E-state index contributed by atoms with van der Waals surface area (Å²) < 4.78 is 0. The third-order valence-electron chi connectivity index (χ3n) is 5.77. The molecule has 5 heteroatoms. The lowest BCUT2D eigenvalue weighted by molar-refractivity contribution is 0.311. The van der Waals surface area contributed by atoms with Gasteiger partial charge in [0.05, 0.1) is 30.9 Å². The minimum absolute atomic E-state index is 0.234. The molecule has 1 atom stereocenters. The zero-order chi connectivity index (χ0) is 20.9. The molecule has 0 amide bonds. The molecule has 0 aliphatic carbocycles. The van der Waals surface area contributed by atoms with E-state index in [0.29, 0.717) is 13.2 Å². The molecule has 0 saturated carbocycles. The molecule has 0 radical (unpaired) electrons. The van der Waals surface area contributed by atoms with Crippen LogP contribution in [0.4, 0.5) is 0 Å². The van der Waals surface area contributed by atoms with Gasteiger partial charge in [-0.2, -0.15) is 5.10 Å². The lowest BCUT2D eigenvalue weighted by atomic mass is 9.76. The number of aliphatic imine (C=N–C) groups is 1. The van der Waals surface area contributed by atoms with Crippen molar-refractivity contribution in [1.29, 1.82) is 0 Å². The average Bonchev–Trinajstić information content (AvgIpc) is 3.11. The van der Waals surface area contributed by atoms with Crippen molar-refractivity contribution in [2.75, 3.05) is 32.8 Å². The number of aryl methyl sites for hydroxylation is 1. The molecule has 0 aromatic heterocycles. The van der Waals surface area contributed by atoms with E-state index in [1.807, 2.05) is 5.01 Å². The molecular formula is C24H33N5. The molecular weight excluding hydrogens is 358 g/mol. The van der Waals surface area contributed by atoms with E-state index in [9.17, 15) is 0 Å². The quantitative estimate of drug-likeness (QED) is 0.579. The topological polar surface area (TPSA) is 57.2 Å². The number of hydrogen-bond donors (Lipinski definition) is 1. The lowest BCUT2D eigenvalue weighted by Gasteiger charge is -2.28. The summed E-state index contributed by atoms with van der Waals surface area (Å²) in [5.74, 6) is 0.834. The predicted octanol–water partition coefficient (Wildman–Crippen LogP) is 3.63. The Balaban J connectivity index is 2.00. The van der Waals surface area contributed by atoms with Crippen molar-refractivity contribution < 1.29 is 0 Å². The molecule has 0 bridgehead atoms. The number of rotatable bonds is 7. The maximum Gasteiger partial charge on any atom is 0.135 e. The van der Waals surface area contributed by atoms with Gasteiger partial charge in [-0.1, -0.05) is 74.0 Å². The van der Waals surface area contributed by atoms with Crippen LogP contribution in [0, 0.1) is 6.92 Å². The fraction of sp³-hybridized carbons (Fsp3) is 0.417. The maximum absolute atomic E-state index is 6.09. The molecule has 0 saturated heterocycles. The normalized spacial score (nSPS) is 19.7. The van der Waals surface area contributed by atoms with Crippen LogP contribution in [-0.2, 0) is 5.41 Å². The Labute approximate surface area is 174 Å². The summed E-state index contributed by atoms with van der Waals surface area (Å²) in [6.45, 7) is 12.4. The average molecular weight is 392 g/mol. The van der Waals surface area contributed by atoms with E-state index in [0.717, 1.165) is 36.7 Å². The van der Waals surface area contributed by atoms with E-state index < -0.39 is 0 Å². The van der Waals surface area contributed by atoms with Crippen LogP contribution in [0.3, 0.4) is 0 Å². The van der Waals surface area contributed by atoms with Gasteiger partial charge in [0.15, 0.2) is 0 Å². The monoisotopic (exact) mass is 391 g/mol. The van der Waals surface area contributed by atoms with Crippen LogP contribution >= 0.6 is 0 Å². The Morgan fingerprint density at radius 3 is 2.34 bits per heavy atom. The van der Waals surface area contributed by atoms with Crippen molar-refractivity contribution in [3.05, 3.63) is 71.3 Å². The highest BCUT2D eigenvalue weighted by atomic mass is 15.5. The van der Waals surface area contributed by atoms with Crippen molar-refractivity contribution in [1.82, 2.24) is 9.91 Å². The van der Waals surface area contributed by atoms with Crippen LogP contribution in [0.15, 0.2) is 64.7 Å². The second kappa shape index (κ2) is 9.33. The second-order valence-corrected chi connectivity index (χ2v) is 7.79. The van der Waals surface area contributed by atoms with Crippen molar-refractivity contribution in [3.8, 4) is 0 Å².